The van der Waals surface area contributed by atoms with E-state index < -0.39 is 0 Å². The summed E-state index contributed by atoms with van der Waals surface area (Å²) in [6.45, 7) is 2.78. The molecule has 5 rings (SSSR count). The van der Waals surface area contributed by atoms with E-state index in [4.69, 9.17) is 0 Å². The van der Waals surface area contributed by atoms with Gasteiger partial charge in [0.05, 0.1) is 0 Å². The zero-order valence-electron chi connectivity index (χ0n) is 13.0. The van der Waals surface area contributed by atoms with Crippen LogP contribution in [0.25, 0.3) is 0 Å². The van der Waals surface area contributed by atoms with Crippen molar-refractivity contribution in [2.75, 3.05) is 19.6 Å². The van der Waals surface area contributed by atoms with Gasteiger partial charge >= 0.3 is 0 Å². The van der Waals surface area contributed by atoms with Gasteiger partial charge in [0.2, 0.25) is 5.91 Å². The minimum atomic E-state index is 0.302. The van der Waals surface area contributed by atoms with Crippen LogP contribution in [0.15, 0.2) is 11.6 Å². The van der Waals surface area contributed by atoms with Crippen LogP contribution in [0.5, 0.6) is 0 Å². The molecule has 5 aliphatic rings. The Morgan fingerprint density at radius 3 is 2.43 bits per heavy atom. The summed E-state index contributed by atoms with van der Waals surface area (Å²) in [6, 6.07) is 0. The maximum Gasteiger partial charge on any atom is 0.220 e. The maximum atomic E-state index is 12.4. The molecular formula is C18H28N2O. The molecule has 1 aliphatic heterocycles. The van der Waals surface area contributed by atoms with Crippen molar-refractivity contribution in [3.63, 3.8) is 0 Å². The van der Waals surface area contributed by atoms with Gasteiger partial charge in [0.1, 0.15) is 0 Å². The van der Waals surface area contributed by atoms with Gasteiger partial charge in [0.25, 0.3) is 0 Å². The van der Waals surface area contributed by atoms with Crippen LogP contribution in [0.4, 0.5) is 0 Å². The Kier molecular flexibility index (Phi) is 3.56. The average molecular weight is 288 g/mol. The first kappa shape index (κ1) is 13.8. The Morgan fingerprint density at radius 1 is 1.19 bits per heavy atom. The monoisotopic (exact) mass is 288 g/mol. The number of rotatable bonds is 4. The molecule has 1 amide bonds. The van der Waals surface area contributed by atoms with Crippen LogP contribution >= 0.6 is 0 Å². The van der Waals surface area contributed by atoms with Crippen molar-refractivity contribution in [1.82, 2.24) is 10.6 Å². The van der Waals surface area contributed by atoms with E-state index in [9.17, 15) is 4.79 Å². The van der Waals surface area contributed by atoms with Crippen molar-refractivity contribution in [1.29, 1.82) is 0 Å². The quantitative estimate of drug-likeness (QED) is 0.781. The summed E-state index contributed by atoms with van der Waals surface area (Å²) in [5.74, 6) is 3.12. The second kappa shape index (κ2) is 5.42. The lowest BCUT2D eigenvalue weighted by atomic mass is 9.49. The SMILES string of the molecule is O=C(CC12CC3CC(CC(C3)C1)C2)NCC1=CCNCC1. The zero-order valence-corrected chi connectivity index (χ0v) is 13.0. The van der Waals surface area contributed by atoms with E-state index in [1.807, 2.05) is 0 Å². The molecule has 0 aromatic heterocycles. The Labute approximate surface area is 127 Å². The molecule has 0 radical (unpaired) electrons. The topological polar surface area (TPSA) is 41.1 Å². The fraction of sp³-hybridized carbons (Fsp3) is 0.833. The van der Waals surface area contributed by atoms with Gasteiger partial charge in [-0.2, -0.15) is 0 Å². The molecule has 0 saturated heterocycles. The molecule has 0 atom stereocenters. The molecule has 3 nitrogen and oxygen atoms in total. The van der Waals surface area contributed by atoms with Crippen molar-refractivity contribution in [3.05, 3.63) is 11.6 Å². The molecule has 2 N–H and O–H groups in total. The molecule has 0 aromatic rings. The first-order valence-corrected chi connectivity index (χ1v) is 8.86. The van der Waals surface area contributed by atoms with Crippen molar-refractivity contribution in [2.45, 2.75) is 51.4 Å². The van der Waals surface area contributed by atoms with Crippen LogP contribution in [-0.4, -0.2) is 25.5 Å². The van der Waals surface area contributed by atoms with Crippen LogP contribution in [0, 0.1) is 23.2 Å². The molecule has 21 heavy (non-hydrogen) atoms. The number of amides is 1. The zero-order chi connectivity index (χ0) is 14.3. The lowest BCUT2D eigenvalue weighted by molar-refractivity contribution is -0.129. The maximum absolute atomic E-state index is 12.4. The summed E-state index contributed by atoms with van der Waals surface area (Å²) in [7, 11) is 0. The number of carbonyl (C=O) groups excluding carboxylic acids is 1. The molecule has 4 saturated carbocycles. The number of hydrogen-bond donors (Lipinski definition) is 2. The number of carbonyl (C=O) groups is 1. The first-order valence-electron chi connectivity index (χ1n) is 8.86. The van der Waals surface area contributed by atoms with E-state index in [-0.39, 0.29) is 0 Å². The largest absolute Gasteiger partial charge is 0.352 e. The molecule has 0 unspecified atom stereocenters. The van der Waals surface area contributed by atoms with Gasteiger partial charge in [-0.3, -0.25) is 4.79 Å². The van der Waals surface area contributed by atoms with Crippen LogP contribution in [0.3, 0.4) is 0 Å². The van der Waals surface area contributed by atoms with Gasteiger partial charge in [-0.05, 0) is 74.7 Å². The molecule has 4 aliphatic carbocycles. The minimum absolute atomic E-state index is 0.302. The van der Waals surface area contributed by atoms with E-state index in [1.165, 1.54) is 44.1 Å². The molecule has 4 bridgehead atoms. The van der Waals surface area contributed by atoms with Gasteiger partial charge in [-0.25, -0.2) is 0 Å². The smallest absolute Gasteiger partial charge is 0.220 e. The second-order valence-corrected chi connectivity index (χ2v) is 8.19. The Hall–Kier alpha value is -0.830. The number of hydrogen-bond acceptors (Lipinski definition) is 2. The van der Waals surface area contributed by atoms with Gasteiger partial charge in [-0.1, -0.05) is 11.6 Å². The van der Waals surface area contributed by atoms with Crippen molar-refractivity contribution >= 4 is 5.91 Å². The molecule has 3 heteroatoms. The van der Waals surface area contributed by atoms with Gasteiger partial charge < -0.3 is 10.6 Å². The molecule has 1 heterocycles. The summed E-state index contributed by atoms with van der Waals surface area (Å²) >= 11 is 0. The fourth-order valence-corrected chi connectivity index (χ4v) is 5.95. The van der Waals surface area contributed by atoms with E-state index in [2.05, 4.69) is 16.7 Å². The Balaban J connectivity index is 1.33. The van der Waals surface area contributed by atoms with Crippen molar-refractivity contribution in [3.8, 4) is 0 Å². The highest BCUT2D eigenvalue weighted by atomic mass is 16.1. The van der Waals surface area contributed by atoms with Crippen LogP contribution in [0.2, 0.25) is 0 Å². The van der Waals surface area contributed by atoms with Gasteiger partial charge in [-0.15, -0.1) is 0 Å². The third-order valence-electron chi connectivity index (χ3n) is 6.37. The second-order valence-electron chi connectivity index (χ2n) is 8.19. The van der Waals surface area contributed by atoms with Gasteiger partial charge in [0.15, 0.2) is 0 Å². The molecule has 0 spiro atoms. The lowest BCUT2D eigenvalue weighted by Crippen LogP contribution is -2.48. The summed E-state index contributed by atoms with van der Waals surface area (Å²) in [6.07, 6.45) is 12.5. The van der Waals surface area contributed by atoms with Crippen molar-refractivity contribution < 1.29 is 4.79 Å². The Bertz CT molecular complexity index is 419. The third-order valence-corrected chi connectivity index (χ3v) is 6.37. The highest BCUT2D eigenvalue weighted by molar-refractivity contribution is 5.77. The van der Waals surface area contributed by atoms with Crippen LogP contribution < -0.4 is 10.6 Å². The summed E-state index contributed by atoms with van der Waals surface area (Å²) in [5, 5.41) is 6.51. The van der Waals surface area contributed by atoms with Crippen LogP contribution in [-0.2, 0) is 4.79 Å². The van der Waals surface area contributed by atoms with E-state index in [1.54, 1.807) is 0 Å². The summed E-state index contributed by atoms with van der Waals surface area (Å²) in [5.41, 5.74) is 1.77. The van der Waals surface area contributed by atoms with Gasteiger partial charge in [0, 0.05) is 19.5 Å². The average Bonchev–Trinajstić information content (AvgIpc) is 2.44. The molecule has 4 fully saturated rings. The normalized spacial score (nSPS) is 41.0. The molecular weight excluding hydrogens is 260 g/mol. The van der Waals surface area contributed by atoms with Crippen LogP contribution in [0.1, 0.15) is 51.4 Å². The predicted molar refractivity (Wildman–Crippen MR) is 83.8 cm³/mol. The molecule has 0 aromatic carbocycles. The number of nitrogens with one attached hydrogen (secondary N) is 2. The van der Waals surface area contributed by atoms with E-state index >= 15 is 0 Å². The minimum Gasteiger partial charge on any atom is -0.352 e. The predicted octanol–water partition coefficient (Wildman–Crippen LogP) is 2.63. The summed E-state index contributed by atoms with van der Waals surface area (Å²) < 4.78 is 0. The molecule has 116 valence electrons. The lowest BCUT2D eigenvalue weighted by Gasteiger charge is -2.56. The fourth-order valence-electron chi connectivity index (χ4n) is 5.95. The van der Waals surface area contributed by atoms with E-state index in [0.29, 0.717) is 11.3 Å². The standard InChI is InChI=1S/C18H28N2O/c21-17(20-12-13-1-3-19-4-2-13)11-18-8-14-5-15(9-18)7-16(6-14)10-18/h1,14-16,19H,2-12H2,(H,20,21). The highest BCUT2D eigenvalue weighted by Crippen LogP contribution is 2.61. The Morgan fingerprint density at radius 2 is 1.86 bits per heavy atom. The highest BCUT2D eigenvalue weighted by Gasteiger charge is 2.51. The first-order chi connectivity index (χ1) is 10.2. The summed E-state index contributed by atoms with van der Waals surface area (Å²) in [4.78, 5) is 12.4. The van der Waals surface area contributed by atoms with Crippen molar-refractivity contribution in [2.24, 2.45) is 23.2 Å². The third kappa shape index (κ3) is 2.90. The van der Waals surface area contributed by atoms with E-state index in [0.717, 1.165) is 50.2 Å².